The Morgan fingerprint density at radius 2 is 1.66 bits per heavy atom. The number of aromatic nitrogens is 1. The van der Waals surface area contributed by atoms with Gasteiger partial charge in [-0.05, 0) is 30.3 Å². The first-order chi connectivity index (χ1) is 18.3. The van der Waals surface area contributed by atoms with Crippen molar-refractivity contribution in [3.63, 3.8) is 0 Å². The van der Waals surface area contributed by atoms with Crippen LogP contribution in [-0.2, 0) is 4.79 Å². The van der Waals surface area contributed by atoms with E-state index in [4.69, 9.17) is 30.2 Å². The second kappa shape index (κ2) is 11.2. The molecule has 0 atom stereocenters. The lowest BCUT2D eigenvalue weighted by Crippen LogP contribution is -2.27. The average molecular weight is 540 g/mol. The Kier molecular flexibility index (Phi) is 7.82. The van der Waals surface area contributed by atoms with Gasteiger partial charge in [-0.25, -0.2) is 9.37 Å². The smallest absolute Gasteiger partial charge is 0.285 e. The number of benzene rings is 3. The van der Waals surface area contributed by atoms with E-state index in [9.17, 15) is 14.0 Å². The number of halogens is 2. The standard InChI is InChI=1S/C27H23ClFN3O6/c1-15(33)31-16-7-5-8-17(11-16)32(18-12-21(35-2)25(37-4)22(13-18)36-3)27(34)24-26(38-14-30-24)23-19(28)9-6-10-20(23)29/h5-14H,1-4H3,(H,31,33). The fraction of sp³-hybridized carbons (Fsp3) is 0.148. The summed E-state index contributed by atoms with van der Waals surface area (Å²) >= 11 is 6.25. The molecule has 0 fully saturated rings. The molecule has 3 aromatic carbocycles. The van der Waals surface area contributed by atoms with Gasteiger partial charge in [-0.3, -0.25) is 14.5 Å². The van der Waals surface area contributed by atoms with Gasteiger partial charge in [-0.2, -0.15) is 0 Å². The summed E-state index contributed by atoms with van der Waals surface area (Å²) in [6.07, 6.45) is 1.03. The number of oxazole rings is 1. The summed E-state index contributed by atoms with van der Waals surface area (Å²) < 4.78 is 36.6. The SMILES string of the molecule is COc1cc(N(C(=O)c2ncoc2-c2c(F)cccc2Cl)c2cccc(NC(C)=O)c2)cc(OC)c1OC. The van der Waals surface area contributed by atoms with Gasteiger partial charge >= 0.3 is 0 Å². The molecule has 9 nitrogen and oxygen atoms in total. The summed E-state index contributed by atoms with van der Waals surface area (Å²) in [5, 5.41) is 2.74. The van der Waals surface area contributed by atoms with Crippen LogP contribution in [-0.4, -0.2) is 38.1 Å². The van der Waals surface area contributed by atoms with Crippen LogP contribution in [0.3, 0.4) is 0 Å². The third-order valence-corrected chi connectivity index (χ3v) is 5.81. The number of carbonyl (C=O) groups is 2. The highest BCUT2D eigenvalue weighted by atomic mass is 35.5. The van der Waals surface area contributed by atoms with Crippen LogP contribution < -0.4 is 24.4 Å². The monoisotopic (exact) mass is 539 g/mol. The fourth-order valence-electron chi connectivity index (χ4n) is 3.90. The maximum absolute atomic E-state index is 14.8. The molecule has 2 amide bonds. The number of rotatable bonds is 8. The summed E-state index contributed by atoms with van der Waals surface area (Å²) in [6, 6.07) is 13.8. The molecular weight excluding hydrogens is 517 g/mol. The number of nitrogens with zero attached hydrogens (tertiary/aromatic N) is 2. The molecule has 1 heterocycles. The minimum Gasteiger partial charge on any atom is -0.493 e. The van der Waals surface area contributed by atoms with Crippen molar-refractivity contribution in [2.24, 2.45) is 0 Å². The van der Waals surface area contributed by atoms with Gasteiger partial charge in [0.2, 0.25) is 11.7 Å². The number of hydrogen-bond acceptors (Lipinski definition) is 7. The third-order valence-electron chi connectivity index (χ3n) is 5.50. The Labute approximate surface area is 222 Å². The molecule has 0 radical (unpaired) electrons. The minimum atomic E-state index is -0.685. The lowest BCUT2D eigenvalue weighted by atomic mass is 10.1. The fourth-order valence-corrected chi connectivity index (χ4v) is 4.15. The zero-order valence-electron chi connectivity index (χ0n) is 20.9. The molecule has 4 rings (SSSR count). The van der Waals surface area contributed by atoms with Crippen LogP contribution >= 0.6 is 11.6 Å². The lowest BCUT2D eigenvalue weighted by molar-refractivity contribution is -0.114. The second-order valence-electron chi connectivity index (χ2n) is 7.88. The van der Waals surface area contributed by atoms with E-state index in [1.807, 2.05) is 0 Å². The first-order valence-corrected chi connectivity index (χ1v) is 11.6. The van der Waals surface area contributed by atoms with Gasteiger partial charge in [0.15, 0.2) is 29.3 Å². The summed E-state index contributed by atoms with van der Waals surface area (Å²) in [7, 11) is 4.35. The molecule has 1 N–H and O–H groups in total. The Bertz CT molecular complexity index is 1460. The van der Waals surface area contributed by atoms with Crippen LogP contribution in [0, 0.1) is 5.82 Å². The van der Waals surface area contributed by atoms with Crippen molar-refractivity contribution < 1.29 is 32.6 Å². The van der Waals surface area contributed by atoms with Gasteiger partial charge < -0.3 is 23.9 Å². The van der Waals surface area contributed by atoms with Crippen LogP contribution in [0.5, 0.6) is 17.2 Å². The number of amides is 2. The van der Waals surface area contributed by atoms with E-state index in [1.54, 1.807) is 36.4 Å². The third kappa shape index (κ3) is 5.12. The van der Waals surface area contributed by atoms with Crippen LogP contribution in [0.1, 0.15) is 17.4 Å². The first kappa shape index (κ1) is 26.5. The lowest BCUT2D eigenvalue weighted by Gasteiger charge is -2.25. The summed E-state index contributed by atoms with van der Waals surface area (Å²) in [5.74, 6) is -0.907. The molecular formula is C27H23ClFN3O6. The van der Waals surface area contributed by atoms with Gasteiger partial charge in [0.05, 0.1) is 43.3 Å². The van der Waals surface area contributed by atoms with E-state index >= 15 is 0 Å². The van der Waals surface area contributed by atoms with E-state index in [0.29, 0.717) is 22.8 Å². The number of methoxy groups -OCH3 is 3. The van der Waals surface area contributed by atoms with Gasteiger partial charge in [0.25, 0.3) is 5.91 Å². The Hall–Kier alpha value is -4.57. The summed E-state index contributed by atoms with van der Waals surface area (Å²) in [6.45, 7) is 1.37. The van der Waals surface area contributed by atoms with Crippen molar-refractivity contribution in [2.75, 3.05) is 31.5 Å². The van der Waals surface area contributed by atoms with Gasteiger partial charge in [0.1, 0.15) is 5.82 Å². The van der Waals surface area contributed by atoms with E-state index in [-0.39, 0.29) is 39.4 Å². The molecule has 0 aliphatic heterocycles. The van der Waals surface area contributed by atoms with Crippen LogP contribution in [0.15, 0.2) is 65.4 Å². The van der Waals surface area contributed by atoms with Crippen LogP contribution in [0.4, 0.5) is 21.5 Å². The Morgan fingerprint density at radius 1 is 0.974 bits per heavy atom. The molecule has 1 aromatic heterocycles. The van der Waals surface area contributed by atoms with E-state index in [0.717, 1.165) is 6.39 Å². The molecule has 196 valence electrons. The molecule has 0 aliphatic rings. The second-order valence-corrected chi connectivity index (χ2v) is 8.29. The molecule has 0 bridgehead atoms. The first-order valence-electron chi connectivity index (χ1n) is 11.2. The molecule has 0 spiro atoms. The molecule has 0 unspecified atom stereocenters. The van der Waals surface area contributed by atoms with Crippen molar-refractivity contribution in [1.29, 1.82) is 0 Å². The number of ether oxygens (including phenoxy) is 3. The number of nitrogens with one attached hydrogen (secondary N) is 1. The molecule has 0 saturated heterocycles. The zero-order chi connectivity index (χ0) is 27.4. The number of hydrogen-bond donors (Lipinski definition) is 1. The highest BCUT2D eigenvalue weighted by Gasteiger charge is 2.30. The van der Waals surface area contributed by atoms with Crippen LogP contribution in [0.2, 0.25) is 5.02 Å². The molecule has 11 heteroatoms. The van der Waals surface area contributed by atoms with Gasteiger partial charge in [-0.1, -0.05) is 23.7 Å². The zero-order valence-corrected chi connectivity index (χ0v) is 21.6. The largest absolute Gasteiger partial charge is 0.493 e. The average Bonchev–Trinajstić information content (AvgIpc) is 3.37. The molecule has 38 heavy (non-hydrogen) atoms. The number of anilines is 3. The Balaban J connectivity index is 1.94. The van der Waals surface area contributed by atoms with Crippen molar-refractivity contribution in [2.45, 2.75) is 6.92 Å². The predicted molar refractivity (Wildman–Crippen MR) is 140 cm³/mol. The van der Waals surface area contributed by atoms with Gasteiger partial charge in [0, 0.05) is 24.7 Å². The van der Waals surface area contributed by atoms with Crippen molar-refractivity contribution in [1.82, 2.24) is 4.98 Å². The maximum Gasteiger partial charge on any atom is 0.285 e. The summed E-state index contributed by atoms with van der Waals surface area (Å²) in [4.78, 5) is 31.2. The minimum absolute atomic E-state index is 0.0443. The summed E-state index contributed by atoms with van der Waals surface area (Å²) in [5.41, 5.74) is 0.794. The molecule has 4 aromatic rings. The van der Waals surface area contributed by atoms with E-state index < -0.39 is 11.7 Å². The topological polar surface area (TPSA) is 103 Å². The van der Waals surface area contributed by atoms with Crippen LogP contribution in [0.25, 0.3) is 11.3 Å². The van der Waals surface area contributed by atoms with E-state index in [1.165, 1.54) is 51.4 Å². The number of carbonyl (C=O) groups excluding carboxylic acids is 2. The van der Waals surface area contributed by atoms with Crippen molar-refractivity contribution in [3.8, 4) is 28.6 Å². The maximum atomic E-state index is 14.8. The molecule has 0 saturated carbocycles. The highest BCUT2D eigenvalue weighted by Crippen LogP contribution is 2.44. The molecule has 0 aliphatic carbocycles. The highest BCUT2D eigenvalue weighted by molar-refractivity contribution is 6.33. The Morgan fingerprint density at radius 3 is 2.26 bits per heavy atom. The van der Waals surface area contributed by atoms with Gasteiger partial charge in [-0.15, -0.1) is 0 Å². The van der Waals surface area contributed by atoms with E-state index in [2.05, 4.69) is 10.3 Å². The normalized spacial score (nSPS) is 10.6. The predicted octanol–water partition coefficient (Wildman–Crippen LogP) is 6.10. The van der Waals surface area contributed by atoms with Crippen molar-refractivity contribution >= 4 is 40.5 Å². The quantitative estimate of drug-likeness (QED) is 0.289. The van der Waals surface area contributed by atoms with Crippen molar-refractivity contribution in [3.05, 3.63) is 77.5 Å².